The van der Waals surface area contributed by atoms with Crippen molar-refractivity contribution in [1.29, 1.82) is 0 Å². The highest BCUT2D eigenvalue weighted by Gasteiger charge is 2.08. The Labute approximate surface area is 168 Å². The van der Waals surface area contributed by atoms with Gasteiger partial charge >= 0.3 is 17.9 Å². The Morgan fingerprint density at radius 2 is 1.62 bits per heavy atom. The Bertz CT molecular complexity index is 640. The molecule has 5 N–H and O–H groups in total. The van der Waals surface area contributed by atoms with Crippen molar-refractivity contribution in [2.75, 3.05) is 26.4 Å². The third kappa shape index (κ3) is 14.7. The summed E-state index contributed by atoms with van der Waals surface area (Å²) in [6, 6.07) is 6.74. The molecule has 162 valence electrons. The van der Waals surface area contributed by atoms with Crippen molar-refractivity contribution in [3.63, 3.8) is 0 Å². The number of benzene rings is 1. The zero-order valence-corrected chi connectivity index (χ0v) is 16.3. The van der Waals surface area contributed by atoms with E-state index in [4.69, 9.17) is 24.8 Å². The molecule has 1 rings (SSSR count). The summed E-state index contributed by atoms with van der Waals surface area (Å²) in [5.41, 5.74) is 0.387. The molecule has 1 aromatic rings. The molecular formula is C19H27NO9. The minimum absolute atomic E-state index is 0.0217. The van der Waals surface area contributed by atoms with Crippen LogP contribution in [0, 0.1) is 0 Å². The van der Waals surface area contributed by atoms with Gasteiger partial charge in [0.25, 0.3) is 0 Å². The quantitative estimate of drug-likeness (QED) is 0.252. The van der Waals surface area contributed by atoms with Gasteiger partial charge in [-0.15, -0.1) is 0 Å². The first-order valence-electron chi connectivity index (χ1n) is 8.72. The van der Waals surface area contributed by atoms with Crippen LogP contribution >= 0.6 is 0 Å². The van der Waals surface area contributed by atoms with Gasteiger partial charge in [0.1, 0.15) is 25.1 Å². The lowest BCUT2D eigenvalue weighted by atomic mass is 10.2. The van der Waals surface area contributed by atoms with E-state index in [1.165, 1.54) is 0 Å². The van der Waals surface area contributed by atoms with Gasteiger partial charge < -0.3 is 35.2 Å². The maximum absolute atomic E-state index is 11.5. The molecule has 0 aliphatic heterocycles. The first kappa shape index (κ1) is 26.1. The van der Waals surface area contributed by atoms with Crippen LogP contribution in [0.3, 0.4) is 0 Å². The number of ether oxygens (including phenoxy) is 2. The number of nitrogens with one attached hydrogen (secondary N) is 1. The van der Waals surface area contributed by atoms with Crippen molar-refractivity contribution in [3.05, 3.63) is 42.0 Å². The van der Waals surface area contributed by atoms with Crippen LogP contribution in [0.25, 0.3) is 0 Å². The van der Waals surface area contributed by atoms with Crippen LogP contribution < -0.4 is 10.1 Å². The fourth-order valence-corrected chi connectivity index (χ4v) is 1.67. The maximum Gasteiger partial charge on any atom is 0.338 e. The smallest absolute Gasteiger partial charge is 0.338 e. The van der Waals surface area contributed by atoms with E-state index in [-0.39, 0.29) is 19.8 Å². The van der Waals surface area contributed by atoms with Crippen molar-refractivity contribution in [3.8, 4) is 5.75 Å². The van der Waals surface area contributed by atoms with Gasteiger partial charge in [-0.2, -0.15) is 0 Å². The molecule has 0 aliphatic rings. The number of carbonyl (C=O) groups is 3. The van der Waals surface area contributed by atoms with Crippen molar-refractivity contribution in [2.24, 2.45) is 0 Å². The van der Waals surface area contributed by atoms with E-state index in [1.807, 2.05) is 13.8 Å². The number of hydrogen-bond acceptors (Lipinski definition) is 8. The monoisotopic (exact) mass is 413 g/mol. The number of carboxylic acid groups (broad SMARTS) is 2. The molecule has 1 atom stereocenters. The molecule has 29 heavy (non-hydrogen) atoms. The number of hydrogen-bond donors (Lipinski definition) is 5. The average Bonchev–Trinajstić information content (AvgIpc) is 2.68. The average molecular weight is 413 g/mol. The SMILES string of the molecule is CC(C)NCC(O)COc1ccc(C(=O)OCCO)cc1.O=C(O)/C=C/C(=O)O. The molecule has 0 aromatic heterocycles. The molecule has 10 nitrogen and oxygen atoms in total. The van der Waals surface area contributed by atoms with Gasteiger partial charge in [-0.1, -0.05) is 13.8 Å². The number of carboxylic acids is 2. The molecule has 0 spiro atoms. The van der Waals surface area contributed by atoms with Gasteiger partial charge in [0, 0.05) is 24.7 Å². The summed E-state index contributed by atoms with van der Waals surface area (Å²) in [6.45, 7) is 4.42. The molecular weight excluding hydrogens is 386 g/mol. The zero-order chi connectivity index (χ0) is 22.2. The number of rotatable bonds is 11. The standard InChI is InChI=1S/C15H23NO5.C4H4O4/c1-11(2)16-9-13(18)10-21-14-5-3-12(4-6-14)15(19)20-8-7-17;5-3(6)1-2-4(7)8/h3-6,11,13,16-18H,7-10H2,1-2H3;1-2H,(H,5,6)(H,7,8)/b;2-1+. The molecule has 0 fully saturated rings. The number of aliphatic hydroxyl groups excluding tert-OH is 2. The van der Waals surface area contributed by atoms with E-state index in [2.05, 4.69) is 5.32 Å². The van der Waals surface area contributed by atoms with E-state index < -0.39 is 24.0 Å². The molecule has 0 bridgehead atoms. The highest BCUT2D eigenvalue weighted by atomic mass is 16.5. The van der Waals surface area contributed by atoms with Crippen LogP contribution in [-0.2, 0) is 14.3 Å². The van der Waals surface area contributed by atoms with Crippen molar-refractivity contribution in [1.82, 2.24) is 5.32 Å². The summed E-state index contributed by atoms with van der Waals surface area (Å²) in [5, 5.41) is 37.0. The number of carbonyl (C=O) groups excluding carboxylic acids is 1. The normalized spacial score (nSPS) is 11.5. The third-order valence-corrected chi connectivity index (χ3v) is 2.99. The first-order valence-corrected chi connectivity index (χ1v) is 8.72. The number of aliphatic hydroxyl groups is 2. The van der Waals surface area contributed by atoms with E-state index in [9.17, 15) is 19.5 Å². The Kier molecular flexibility index (Phi) is 13.5. The van der Waals surface area contributed by atoms with E-state index in [0.717, 1.165) is 0 Å². The molecule has 0 saturated carbocycles. The summed E-state index contributed by atoms with van der Waals surface area (Å²) in [6.07, 6.45) is 0.520. The zero-order valence-electron chi connectivity index (χ0n) is 16.3. The molecule has 0 aliphatic carbocycles. The third-order valence-electron chi connectivity index (χ3n) is 2.99. The highest BCUT2D eigenvalue weighted by Crippen LogP contribution is 2.13. The van der Waals surface area contributed by atoms with Gasteiger partial charge in [-0.3, -0.25) is 0 Å². The maximum atomic E-state index is 11.5. The fourth-order valence-electron chi connectivity index (χ4n) is 1.67. The summed E-state index contributed by atoms with van der Waals surface area (Å²) >= 11 is 0. The fraction of sp³-hybridized carbons (Fsp3) is 0.421. The van der Waals surface area contributed by atoms with Crippen LogP contribution in [0.4, 0.5) is 0 Å². The van der Waals surface area contributed by atoms with Gasteiger partial charge in [-0.05, 0) is 24.3 Å². The van der Waals surface area contributed by atoms with Crippen LogP contribution in [0.5, 0.6) is 5.75 Å². The van der Waals surface area contributed by atoms with Gasteiger partial charge in [0.05, 0.1) is 12.2 Å². The van der Waals surface area contributed by atoms with Crippen molar-refractivity contribution in [2.45, 2.75) is 26.0 Å². The second kappa shape index (κ2) is 15.0. The van der Waals surface area contributed by atoms with Crippen molar-refractivity contribution >= 4 is 17.9 Å². The van der Waals surface area contributed by atoms with E-state index in [0.29, 0.717) is 36.1 Å². The second-order valence-electron chi connectivity index (χ2n) is 5.92. The summed E-state index contributed by atoms with van der Waals surface area (Å²) in [4.78, 5) is 30.6. The lowest BCUT2D eigenvalue weighted by molar-refractivity contribution is -0.134. The molecule has 0 amide bonds. The molecule has 0 radical (unpaired) electrons. The van der Waals surface area contributed by atoms with Gasteiger partial charge in [0.2, 0.25) is 0 Å². The topological polar surface area (TPSA) is 163 Å². The number of esters is 1. The van der Waals surface area contributed by atoms with E-state index >= 15 is 0 Å². The minimum Gasteiger partial charge on any atom is -0.491 e. The largest absolute Gasteiger partial charge is 0.491 e. The van der Waals surface area contributed by atoms with Crippen LogP contribution in [0.15, 0.2) is 36.4 Å². The molecule has 1 aromatic carbocycles. The Morgan fingerprint density at radius 3 is 2.07 bits per heavy atom. The van der Waals surface area contributed by atoms with E-state index in [1.54, 1.807) is 24.3 Å². The lowest BCUT2D eigenvalue weighted by Gasteiger charge is -2.15. The first-order chi connectivity index (χ1) is 13.6. The predicted molar refractivity (Wildman–Crippen MR) is 103 cm³/mol. The van der Waals surface area contributed by atoms with Crippen LogP contribution in [-0.4, -0.2) is 76.8 Å². The Hall–Kier alpha value is -2.95. The highest BCUT2D eigenvalue weighted by molar-refractivity contribution is 5.90. The van der Waals surface area contributed by atoms with Crippen molar-refractivity contribution < 1.29 is 44.3 Å². The molecule has 0 saturated heterocycles. The Morgan fingerprint density at radius 1 is 1.07 bits per heavy atom. The van der Waals surface area contributed by atoms with Gasteiger partial charge in [0.15, 0.2) is 0 Å². The van der Waals surface area contributed by atoms with Gasteiger partial charge in [-0.25, -0.2) is 14.4 Å². The predicted octanol–water partition coefficient (Wildman–Crippen LogP) is 0.285. The molecule has 1 unspecified atom stereocenters. The summed E-state index contributed by atoms with van der Waals surface area (Å²) < 4.78 is 10.2. The van der Waals surface area contributed by atoms with Crippen LogP contribution in [0.2, 0.25) is 0 Å². The lowest BCUT2D eigenvalue weighted by Crippen LogP contribution is -2.35. The molecule has 0 heterocycles. The number of aliphatic carboxylic acids is 2. The second-order valence-corrected chi connectivity index (χ2v) is 5.92. The van der Waals surface area contributed by atoms with Crippen LogP contribution in [0.1, 0.15) is 24.2 Å². The minimum atomic E-state index is -1.26. The summed E-state index contributed by atoms with van der Waals surface area (Å²) in [5.74, 6) is -2.44. The summed E-state index contributed by atoms with van der Waals surface area (Å²) in [7, 11) is 0. The molecule has 10 heteroatoms. The Balaban J connectivity index is 0.000000828.